The summed E-state index contributed by atoms with van der Waals surface area (Å²) in [4.78, 5) is 14.0. The number of ether oxygens (including phenoxy) is 1. The zero-order valence-corrected chi connectivity index (χ0v) is 12.8. The van der Waals surface area contributed by atoms with Crippen molar-refractivity contribution in [1.82, 2.24) is 4.90 Å². The van der Waals surface area contributed by atoms with Gasteiger partial charge in [0.25, 0.3) is 0 Å². The standard InChI is InChI=1S/C16H23FN2O2/c1-16(2,3)21-15(20)19-10-4-5-13(18)14(19)11-6-8-12(17)9-7-11/h6-9,13-14H,4-5,10,18H2,1-3H3. The predicted molar refractivity (Wildman–Crippen MR) is 79.3 cm³/mol. The predicted octanol–water partition coefficient (Wildman–Crippen LogP) is 3.23. The van der Waals surface area contributed by atoms with Gasteiger partial charge in [0, 0.05) is 12.6 Å². The molecule has 2 atom stereocenters. The minimum absolute atomic E-state index is 0.170. The summed E-state index contributed by atoms with van der Waals surface area (Å²) in [6.07, 6.45) is 1.31. The SMILES string of the molecule is CC(C)(C)OC(=O)N1CCCC(N)C1c1ccc(F)cc1. The molecule has 1 aliphatic rings. The highest BCUT2D eigenvalue weighted by molar-refractivity contribution is 5.69. The van der Waals surface area contributed by atoms with E-state index in [0.29, 0.717) is 6.54 Å². The van der Waals surface area contributed by atoms with Crippen LogP contribution in [0.5, 0.6) is 0 Å². The first kappa shape index (κ1) is 15.8. The van der Waals surface area contributed by atoms with Crippen molar-refractivity contribution in [1.29, 1.82) is 0 Å². The van der Waals surface area contributed by atoms with E-state index in [2.05, 4.69) is 0 Å². The number of nitrogens with two attached hydrogens (primary N) is 1. The van der Waals surface area contributed by atoms with Crippen LogP contribution < -0.4 is 5.73 Å². The Morgan fingerprint density at radius 1 is 1.33 bits per heavy atom. The fourth-order valence-electron chi connectivity index (χ4n) is 2.64. The first-order chi connectivity index (χ1) is 9.78. The summed E-state index contributed by atoms with van der Waals surface area (Å²) >= 11 is 0. The average Bonchev–Trinajstić information content (AvgIpc) is 2.38. The number of benzene rings is 1. The Morgan fingerprint density at radius 3 is 2.52 bits per heavy atom. The summed E-state index contributed by atoms with van der Waals surface area (Å²) < 4.78 is 18.6. The number of halogens is 1. The van der Waals surface area contributed by atoms with Crippen molar-refractivity contribution in [2.75, 3.05) is 6.54 Å². The molecule has 1 aliphatic heterocycles. The van der Waals surface area contributed by atoms with E-state index in [1.807, 2.05) is 20.8 Å². The van der Waals surface area contributed by atoms with Crippen LogP contribution in [0, 0.1) is 5.82 Å². The Kier molecular flexibility index (Phi) is 4.52. The summed E-state index contributed by atoms with van der Waals surface area (Å²) in [6.45, 7) is 6.11. The lowest BCUT2D eigenvalue weighted by Crippen LogP contribution is -2.49. The van der Waals surface area contributed by atoms with Crippen LogP contribution in [-0.4, -0.2) is 29.2 Å². The normalized spacial score (nSPS) is 23.0. The molecule has 2 rings (SSSR count). The molecule has 0 saturated carbocycles. The lowest BCUT2D eigenvalue weighted by Gasteiger charge is -2.40. The molecule has 1 saturated heterocycles. The van der Waals surface area contributed by atoms with Crippen molar-refractivity contribution in [2.24, 2.45) is 5.73 Å². The van der Waals surface area contributed by atoms with Gasteiger partial charge in [-0.3, -0.25) is 4.90 Å². The van der Waals surface area contributed by atoms with Crippen LogP contribution in [0.2, 0.25) is 0 Å². The van der Waals surface area contributed by atoms with Gasteiger partial charge in [-0.15, -0.1) is 0 Å². The molecule has 0 radical (unpaired) electrons. The van der Waals surface area contributed by atoms with Crippen LogP contribution in [0.25, 0.3) is 0 Å². The summed E-state index contributed by atoms with van der Waals surface area (Å²) in [5.41, 5.74) is 6.49. The minimum Gasteiger partial charge on any atom is -0.444 e. The highest BCUT2D eigenvalue weighted by Gasteiger charge is 2.35. The molecule has 1 amide bonds. The quantitative estimate of drug-likeness (QED) is 0.865. The molecule has 1 aromatic carbocycles. The Balaban J connectivity index is 2.25. The Bertz CT molecular complexity index is 496. The maximum Gasteiger partial charge on any atom is 0.410 e. The van der Waals surface area contributed by atoms with Crippen LogP contribution in [0.15, 0.2) is 24.3 Å². The zero-order valence-electron chi connectivity index (χ0n) is 12.8. The van der Waals surface area contributed by atoms with E-state index in [0.717, 1.165) is 18.4 Å². The Morgan fingerprint density at radius 2 is 1.95 bits per heavy atom. The van der Waals surface area contributed by atoms with E-state index in [-0.39, 0.29) is 24.0 Å². The molecule has 21 heavy (non-hydrogen) atoms. The molecule has 116 valence electrons. The van der Waals surface area contributed by atoms with E-state index >= 15 is 0 Å². The molecule has 1 heterocycles. The second-order valence-corrected chi connectivity index (χ2v) is 6.48. The first-order valence-electron chi connectivity index (χ1n) is 7.28. The van der Waals surface area contributed by atoms with Gasteiger partial charge in [-0.1, -0.05) is 12.1 Å². The van der Waals surface area contributed by atoms with Crippen molar-refractivity contribution >= 4 is 6.09 Å². The van der Waals surface area contributed by atoms with Gasteiger partial charge in [-0.25, -0.2) is 9.18 Å². The topological polar surface area (TPSA) is 55.6 Å². The van der Waals surface area contributed by atoms with Gasteiger partial charge in [-0.2, -0.15) is 0 Å². The van der Waals surface area contributed by atoms with Crippen molar-refractivity contribution < 1.29 is 13.9 Å². The van der Waals surface area contributed by atoms with Gasteiger partial charge in [-0.05, 0) is 51.3 Å². The molecule has 2 unspecified atom stereocenters. The fourth-order valence-corrected chi connectivity index (χ4v) is 2.64. The second kappa shape index (κ2) is 6.02. The summed E-state index contributed by atoms with van der Waals surface area (Å²) in [5, 5.41) is 0. The van der Waals surface area contributed by atoms with Gasteiger partial charge < -0.3 is 10.5 Å². The maximum atomic E-state index is 13.1. The van der Waals surface area contributed by atoms with E-state index in [1.165, 1.54) is 12.1 Å². The van der Waals surface area contributed by atoms with Crippen LogP contribution in [-0.2, 0) is 4.74 Å². The van der Waals surface area contributed by atoms with Crippen LogP contribution in [0.1, 0.15) is 45.2 Å². The van der Waals surface area contributed by atoms with Crippen LogP contribution in [0.3, 0.4) is 0 Å². The van der Waals surface area contributed by atoms with Crippen LogP contribution in [0.4, 0.5) is 9.18 Å². The van der Waals surface area contributed by atoms with Crippen LogP contribution >= 0.6 is 0 Å². The third kappa shape index (κ3) is 3.94. The smallest absolute Gasteiger partial charge is 0.410 e. The molecular weight excluding hydrogens is 271 g/mol. The summed E-state index contributed by atoms with van der Waals surface area (Å²) in [7, 11) is 0. The number of amides is 1. The number of carbonyl (C=O) groups excluding carboxylic acids is 1. The number of nitrogens with zero attached hydrogens (tertiary/aromatic N) is 1. The fraction of sp³-hybridized carbons (Fsp3) is 0.562. The second-order valence-electron chi connectivity index (χ2n) is 6.48. The highest BCUT2D eigenvalue weighted by Crippen LogP contribution is 2.31. The third-order valence-electron chi connectivity index (χ3n) is 3.52. The number of carbonyl (C=O) groups is 1. The molecule has 0 aliphatic carbocycles. The van der Waals surface area contributed by atoms with Crippen molar-refractivity contribution in [3.63, 3.8) is 0 Å². The summed E-state index contributed by atoms with van der Waals surface area (Å²) in [5.74, 6) is -0.299. The molecule has 0 spiro atoms. The van der Waals surface area contributed by atoms with E-state index in [1.54, 1.807) is 17.0 Å². The Labute approximate surface area is 125 Å². The van der Waals surface area contributed by atoms with Gasteiger partial charge >= 0.3 is 6.09 Å². The zero-order chi connectivity index (χ0) is 15.6. The molecule has 0 bridgehead atoms. The van der Waals surface area contributed by atoms with Crippen molar-refractivity contribution in [3.8, 4) is 0 Å². The number of hydrogen-bond donors (Lipinski definition) is 1. The first-order valence-corrected chi connectivity index (χ1v) is 7.28. The summed E-state index contributed by atoms with van der Waals surface area (Å²) in [6, 6.07) is 5.71. The number of hydrogen-bond acceptors (Lipinski definition) is 3. The molecule has 1 fully saturated rings. The largest absolute Gasteiger partial charge is 0.444 e. The molecule has 0 aromatic heterocycles. The number of likely N-dealkylation sites (tertiary alicyclic amines) is 1. The molecule has 2 N–H and O–H groups in total. The van der Waals surface area contributed by atoms with Gasteiger partial charge in [0.2, 0.25) is 0 Å². The Hall–Kier alpha value is -1.62. The highest BCUT2D eigenvalue weighted by atomic mass is 19.1. The lowest BCUT2D eigenvalue weighted by molar-refractivity contribution is 0.00645. The van der Waals surface area contributed by atoms with E-state index < -0.39 is 5.60 Å². The maximum absolute atomic E-state index is 13.1. The van der Waals surface area contributed by atoms with Crippen molar-refractivity contribution in [2.45, 2.75) is 51.3 Å². The van der Waals surface area contributed by atoms with Crippen molar-refractivity contribution in [3.05, 3.63) is 35.6 Å². The lowest BCUT2D eigenvalue weighted by atomic mass is 9.91. The molecular formula is C16H23FN2O2. The van der Waals surface area contributed by atoms with Gasteiger partial charge in [0.05, 0.1) is 6.04 Å². The number of piperidine rings is 1. The molecule has 5 heteroatoms. The van der Waals surface area contributed by atoms with E-state index in [9.17, 15) is 9.18 Å². The average molecular weight is 294 g/mol. The molecule has 4 nitrogen and oxygen atoms in total. The molecule has 1 aromatic rings. The van der Waals surface area contributed by atoms with E-state index in [4.69, 9.17) is 10.5 Å². The van der Waals surface area contributed by atoms with Gasteiger partial charge in [0.1, 0.15) is 11.4 Å². The monoisotopic (exact) mass is 294 g/mol. The number of rotatable bonds is 1. The van der Waals surface area contributed by atoms with Gasteiger partial charge in [0.15, 0.2) is 0 Å². The third-order valence-corrected chi connectivity index (χ3v) is 3.52. The minimum atomic E-state index is -0.550.